The van der Waals surface area contributed by atoms with Gasteiger partial charge in [0.1, 0.15) is 11.4 Å². The summed E-state index contributed by atoms with van der Waals surface area (Å²) in [6.45, 7) is 4.93. The number of aliphatic imine (C=N–C) groups is 1. The van der Waals surface area contributed by atoms with E-state index in [0.29, 0.717) is 29.1 Å². The van der Waals surface area contributed by atoms with Crippen LogP contribution in [0.1, 0.15) is 25.0 Å². The molecule has 1 atom stereocenters. The van der Waals surface area contributed by atoms with Crippen LogP contribution < -0.4 is 10.6 Å². The van der Waals surface area contributed by atoms with Gasteiger partial charge in [-0.25, -0.2) is 9.38 Å². The fraction of sp³-hybridized carbons (Fsp3) is 0.412. The molecule has 2 aromatic rings. The maximum Gasteiger partial charge on any atom is 0.191 e. The number of aryl methyl sites for hydroxylation is 1. The molecule has 0 fully saturated rings. The molecule has 0 aliphatic rings. The smallest absolute Gasteiger partial charge is 0.191 e. The van der Waals surface area contributed by atoms with E-state index in [9.17, 15) is 9.50 Å². The SMILES string of the molecule is CCNC(=NCc1ccc(Br)c(F)c1)NCC(C)(O)c1cnn(C)c1.I. The highest BCUT2D eigenvalue weighted by Crippen LogP contribution is 2.19. The molecule has 0 bridgehead atoms. The highest BCUT2D eigenvalue weighted by molar-refractivity contribution is 14.0. The van der Waals surface area contributed by atoms with E-state index in [1.807, 2.05) is 13.0 Å². The number of aromatic nitrogens is 2. The number of nitrogens with one attached hydrogen (secondary N) is 2. The summed E-state index contributed by atoms with van der Waals surface area (Å²) in [6.07, 6.45) is 3.41. The zero-order valence-corrected chi connectivity index (χ0v) is 18.9. The lowest BCUT2D eigenvalue weighted by atomic mass is 10.00. The lowest BCUT2D eigenvalue weighted by molar-refractivity contribution is 0.0616. The molecule has 2 rings (SSSR count). The van der Waals surface area contributed by atoms with E-state index in [-0.39, 0.29) is 36.3 Å². The topological polar surface area (TPSA) is 74.5 Å². The van der Waals surface area contributed by atoms with Crippen LogP contribution in [-0.2, 0) is 19.2 Å². The van der Waals surface area contributed by atoms with Gasteiger partial charge in [0.25, 0.3) is 0 Å². The minimum Gasteiger partial charge on any atom is -0.383 e. The number of benzene rings is 1. The second-order valence-electron chi connectivity index (χ2n) is 5.97. The molecule has 0 saturated carbocycles. The van der Waals surface area contributed by atoms with E-state index in [4.69, 9.17) is 0 Å². The Balaban J connectivity index is 0.00000338. The summed E-state index contributed by atoms with van der Waals surface area (Å²) in [5.74, 6) is 0.236. The first kappa shape index (κ1) is 22.8. The van der Waals surface area contributed by atoms with Crippen molar-refractivity contribution in [1.82, 2.24) is 20.4 Å². The fourth-order valence-electron chi connectivity index (χ4n) is 2.21. The molecule has 0 saturated heterocycles. The van der Waals surface area contributed by atoms with Gasteiger partial charge in [0.2, 0.25) is 0 Å². The zero-order chi connectivity index (χ0) is 18.4. The van der Waals surface area contributed by atoms with E-state index in [1.165, 1.54) is 6.07 Å². The molecule has 0 radical (unpaired) electrons. The number of guanidine groups is 1. The number of hydrogen-bond donors (Lipinski definition) is 3. The average molecular weight is 540 g/mol. The number of rotatable bonds is 6. The Morgan fingerprint density at radius 3 is 2.73 bits per heavy atom. The Morgan fingerprint density at radius 2 is 2.15 bits per heavy atom. The molecule has 144 valence electrons. The number of halogens is 3. The zero-order valence-electron chi connectivity index (χ0n) is 15.0. The second-order valence-corrected chi connectivity index (χ2v) is 6.83. The second kappa shape index (κ2) is 10.2. The van der Waals surface area contributed by atoms with Crippen molar-refractivity contribution in [2.24, 2.45) is 12.0 Å². The van der Waals surface area contributed by atoms with Crippen LogP contribution in [0, 0.1) is 5.82 Å². The molecule has 1 aromatic carbocycles. The first-order valence-electron chi connectivity index (χ1n) is 7.99. The third-order valence-corrected chi connectivity index (χ3v) is 4.32. The Labute approximate surface area is 178 Å². The number of nitrogens with zero attached hydrogens (tertiary/aromatic N) is 3. The van der Waals surface area contributed by atoms with E-state index in [0.717, 1.165) is 5.56 Å². The maximum atomic E-state index is 13.6. The van der Waals surface area contributed by atoms with Crippen LogP contribution in [0.25, 0.3) is 0 Å². The highest BCUT2D eigenvalue weighted by Gasteiger charge is 2.24. The van der Waals surface area contributed by atoms with Gasteiger partial charge in [-0.2, -0.15) is 5.10 Å². The van der Waals surface area contributed by atoms with Gasteiger partial charge in [0, 0.05) is 25.4 Å². The van der Waals surface area contributed by atoms with E-state index in [2.05, 4.69) is 36.7 Å². The minimum absolute atomic E-state index is 0. The molecule has 1 aromatic heterocycles. The van der Waals surface area contributed by atoms with Gasteiger partial charge < -0.3 is 15.7 Å². The molecular formula is C17H24BrFIN5O. The third-order valence-electron chi connectivity index (χ3n) is 3.67. The van der Waals surface area contributed by atoms with Gasteiger partial charge >= 0.3 is 0 Å². The normalized spacial score (nSPS) is 13.7. The predicted octanol–water partition coefficient (Wildman–Crippen LogP) is 2.90. The van der Waals surface area contributed by atoms with Crippen LogP contribution in [0.4, 0.5) is 4.39 Å². The Morgan fingerprint density at radius 1 is 1.42 bits per heavy atom. The molecule has 9 heteroatoms. The summed E-state index contributed by atoms with van der Waals surface area (Å²) in [4.78, 5) is 4.44. The van der Waals surface area contributed by atoms with Crippen molar-refractivity contribution in [3.05, 3.63) is 52.0 Å². The monoisotopic (exact) mass is 539 g/mol. The average Bonchev–Trinajstić information content (AvgIpc) is 3.01. The van der Waals surface area contributed by atoms with Gasteiger partial charge in [-0.15, -0.1) is 24.0 Å². The van der Waals surface area contributed by atoms with E-state index >= 15 is 0 Å². The van der Waals surface area contributed by atoms with Crippen molar-refractivity contribution in [3.63, 3.8) is 0 Å². The van der Waals surface area contributed by atoms with Crippen LogP contribution in [0.5, 0.6) is 0 Å². The standard InChI is InChI=1S/C17H23BrFN5O.HI/c1-4-20-16(21-8-12-5-6-14(18)15(19)7-12)22-11-17(2,25)13-9-23-24(3)10-13;/h5-7,9-10,25H,4,8,11H2,1-3H3,(H2,20,21,22);1H. The first-order valence-corrected chi connectivity index (χ1v) is 8.78. The molecule has 26 heavy (non-hydrogen) atoms. The number of aliphatic hydroxyl groups is 1. The van der Waals surface area contributed by atoms with Gasteiger partial charge in [0.05, 0.1) is 23.8 Å². The van der Waals surface area contributed by atoms with Crippen molar-refractivity contribution in [2.75, 3.05) is 13.1 Å². The predicted molar refractivity (Wildman–Crippen MR) is 115 cm³/mol. The van der Waals surface area contributed by atoms with Crippen LogP contribution in [0.3, 0.4) is 0 Å². The first-order chi connectivity index (χ1) is 11.8. The van der Waals surface area contributed by atoms with Crippen LogP contribution in [0.15, 0.2) is 40.1 Å². The lowest BCUT2D eigenvalue weighted by Crippen LogP contribution is -2.44. The van der Waals surface area contributed by atoms with Gasteiger partial charge in [0.15, 0.2) is 5.96 Å². The van der Waals surface area contributed by atoms with Crippen molar-refractivity contribution >= 4 is 45.9 Å². The summed E-state index contributed by atoms with van der Waals surface area (Å²) >= 11 is 3.13. The molecule has 1 unspecified atom stereocenters. The molecule has 0 amide bonds. The largest absolute Gasteiger partial charge is 0.383 e. The lowest BCUT2D eigenvalue weighted by Gasteiger charge is -2.23. The molecule has 0 aliphatic heterocycles. The summed E-state index contributed by atoms with van der Waals surface area (Å²) in [6, 6.07) is 4.92. The maximum absolute atomic E-state index is 13.6. The molecule has 1 heterocycles. The van der Waals surface area contributed by atoms with Gasteiger partial charge in [-0.3, -0.25) is 4.68 Å². The molecule has 3 N–H and O–H groups in total. The summed E-state index contributed by atoms with van der Waals surface area (Å²) in [7, 11) is 1.80. The van der Waals surface area contributed by atoms with E-state index < -0.39 is 5.60 Å². The minimum atomic E-state index is -1.09. The summed E-state index contributed by atoms with van der Waals surface area (Å²) in [5, 5.41) is 20.9. The molecule has 0 aliphatic carbocycles. The molecular weight excluding hydrogens is 516 g/mol. The summed E-state index contributed by atoms with van der Waals surface area (Å²) in [5.41, 5.74) is 0.388. The number of hydrogen-bond acceptors (Lipinski definition) is 3. The highest BCUT2D eigenvalue weighted by atomic mass is 127. The van der Waals surface area contributed by atoms with Gasteiger partial charge in [-0.05, 0) is 47.5 Å². The quantitative estimate of drug-likeness (QED) is 0.300. The van der Waals surface area contributed by atoms with Gasteiger partial charge in [-0.1, -0.05) is 6.07 Å². The Hall–Kier alpha value is -1.20. The van der Waals surface area contributed by atoms with Crippen molar-refractivity contribution in [1.29, 1.82) is 0 Å². The summed E-state index contributed by atoms with van der Waals surface area (Å²) < 4.78 is 15.7. The fourth-order valence-corrected chi connectivity index (χ4v) is 2.45. The Bertz CT molecular complexity index is 751. The molecule has 0 spiro atoms. The van der Waals surface area contributed by atoms with Crippen LogP contribution in [0.2, 0.25) is 0 Å². The van der Waals surface area contributed by atoms with Crippen molar-refractivity contribution in [3.8, 4) is 0 Å². The van der Waals surface area contributed by atoms with Crippen LogP contribution in [-0.4, -0.2) is 33.9 Å². The van der Waals surface area contributed by atoms with Crippen LogP contribution >= 0.6 is 39.9 Å². The van der Waals surface area contributed by atoms with Crippen molar-refractivity contribution in [2.45, 2.75) is 26.0 Å². The third kappa shape index (κ3) is 6.51. The van der Waals surface area contributed by atoms with E-state index in [1.54, 1.807) is 37.1 Å². The molecule has 6 nitrogen and oxygen atoms in total. The Kier molecular flexibility index (Phi) is 8.97. The van der Waals surface area contributed by atoms with Crippen molar-refractivity contribution < 1.29 is 9.50 Å².